The summed E-state index contributed by atoms with van der Waals surface area (Å²) >= 11 is 0. The van der Waals surface area contributed by atoms with Crippen molar-refractivity contribution in [3.05, 3.63) is 28.8 Å². The number of rotatable bonds is 3. The van der Waals surface area contributed by atoms with Crippen molar-refractivity contribution in [1.82, 2.24) is 0 Å². The Bertz CT molecular complexity index is 356. The van der Waals surface area contributed by atoms with E-state index in [0.717, 1.165) is 16.7 Å². The zero-order valence-corrected chi connectivity index (χ0v) is 8.63. The second kappa shape index (κ2) is 4.13. The summed E-state index contributed by atoms with van der Waals surface area (Å²) in [5.74, 6) is -0.193. The summed E-state index contributed by atoms with van der Waals surface area (Å²) in [4.78, 5) is 10.6. The van der Waals surface area contributed by atoms with E-state index in [2.05, 4.69) is 0 Å². The van der Waals surface area contributed by atoms with E-state index < -0.39 is 5.97 Å². The molecule has 1 aromatic rings. The molecule has 0 unspecified atom stereocenters. The lowest BCUT2D eigenvalue weighted by Gasteiger charge is -2.09. The molecule has 0 radical (unpaired) electrons. The highest BCUT2D eigenvalue weighted by atomic mass is 16.5. The number of methoxy groups -OCH3 is 1. The third kappa shape index (κ3) is 2.25. The molecule has 0 saturated heterocycles. The minimum Gasteiger partial charge on any atom is -0.496 e. The third-order valence-electron chi connectivity index (χ3n) is 2.24. The normalized spacial score (nSPS) is 9.93. The maximum Gasteiger partial charge on any atom is 0.307 e. The Morgan fingerprint density at radius 1 is 1.36 bits per heavy atom. The molecule has 0 aromatic heterocycles. The maximum atomic E-state index is 10.6. The highest BCUT2D eigenvalue weighted by molar-refractivity contribution is 5.71. The summed E-state index contributed by atoms with van der Waals surface area (Å²) in [5.41, 5.74) is 2.92. The fraction of sp³-hybridized carbons (Fsp3) is 0.364. The molecule has 1 rings (SSSR count). The molecule has 0 amide bonds. The molecule has 3 heteroatoms. The number of carboxylic acids is 1. The van der Waals surface area contributed by atoms with Crippen LogP contribution in [0.5, 0.6) is 5.75 Å². The molecule has 0 aliphatic heterocycles. The van der Waals surface area contributed by atoms with Gasteiger partial charge in [-0.05, 0) is 31.0 Å². The quantitative estimate of drug-likeness (QED) is 0.799. The average Bonchev–Trinajstić information content (AvgIpc) is 2.10. The molecule has 76 valence electrons. The molecule has 0 fully saturated rings. The van der Waals surface area contributed by atoms with Crippen LogP contribution in [-0.4, -0.2) is 18.2 Å². The van der Waals surface area contributed by atoms with E-state index in [1.54, 1.807) is 7.11 Å². The number of carboxylic acid groups (broad SMARTS) is 1. The predicted molar refractivity (Wildman–Crippen MR) is 53.8 cm³/mol. The van der Waals surface area contributed by atoms with Crippen LogP contribution in [-0.2, 0) is 11.2 Å². The zero-order chi connectivity index (χ0) is 10.7. The second-order valence-electron chi connectivity index (χ2n) is 3.32. The lowest BCUT2D eigenvalue weighted by atomic mass is 10.0. The summed E-state index contributed by atoms with van der Waals surface area (Å²) in [6.45, 7) is 3.93. The minimum absolute atomic E-state index is 0.00426. The Morgan fingerprint density at radius 2 is 1.93 bits per heavy atom. The van der Waals surface area contributed by atoms with E-state index in [4.69, 9.17) is 9.84 Å². The highest BCUT2D eigenvalue weighted by Crippen LogP contribution is 2.23. The first-order chi connectivity index (χ1) is 6.54. The van der Waals surface area contributed by atoms with Crippen molar-refractivity contribution >= 4 is 5.97 Å². The van der Waals surface area contributed by atoms with Gasteiger partial charge in [-0.1, -0.05) is 6.07 Å². The van der Waals surface area contributed by atoms with Gasteiger partial charge in [0, 0.05) is 5.56 Å². The first-order valence-electron chi connectivity index (χ1n) is 4.40. The van der Waals surface area contributed by atoms with Crippen LogP contribution in [0.4, 0.5) is 0 Å². The van der Waals surface area contributed by atoms with E-state index >= 15 is 0 Å². The predicted octanol–water partition coefficient (Wildman–Crippen LogP) is 1.94. The summed E-state index contributed by atoms with van der Waals surface area (Å²) in [6.07, 6.45) is 0.00426. The minimum atomic E-state index is -0.841. The Hall–Kier alpha value is -1.51. The van der Waals surface area contributed by atoms with Crippen LogP contribution in [0.2, 0.25) is 0 Å². The molecule has 14 heavy (non-hydrogen) atoms. The van der Waals surface area contributed by atoms with E-state index in [9.17, 15) is 4.79 Å². The van der Waals surface area contributed by atoms with E-state index in [1.807, 2.05) is 26.0 Å². The number of hydrogen-bond donors (Lipinski definition) is 1. The number of aliphatic carboxylic acids is 1. The number of ether oxygens (including phenoxy) is 1. The van der Waals surface area contributed by atoms with Gasteiger partial charge < -0.3 is 9.84 Å². The topological polar surface area (TPSA) is 46.5 Å². The number of aryl methyl sites for hydroxylation is 2. The molecule has 1 aromatic carbocycles. The van der Waals surface area contributed by atoms with Gasteiger partial charge in [-0.25, -0.2) is 0 Å². The molecular weight excluding hydrogens is 180 g/mol. The van der Waals surface area contributed by atoms with Crippen LogP contribution >= 0.6 is 0 Å². The lowest BCUT2D eigenvalue weighted by Crippen LogP contribution is -2.03. The largest absolute Gasteiger partial charge is 0.496 e. The van der Waals surface area contributed by atoms with Gasteiger partial charge in [0.25, 0.3) is 0 Å². The summed E-state index contributed by atoms with van der Waals surface area (Å²) in [5, 5.41) is 8.69. The van der Waals surface area contributed by atoms with Crippen molar-refractivity contribution in [2.75, 3.05) is 7.11 Å². The highest BCUT2D eigenvalue weighted by Gasteiger charge is 2.09. The van der Waals surface area contributed by atoms with Crippen molar-refractivity contribution in [3.63, 3.8) is 0 Å². The third-order valence-corrected chi connectivity index (χ3v) is 2.24. The Labute approximate surface area is 83.3 Å². The van der Waals surface area contributed by atoms with E-state index in [-0.39, 0.29) is 6.42 Å². The van der Waals surface area contributed by atoms with Crippen LogP contribution < -0.4 is 4.74 Å². The zero-order valence-electron chi connectivity index (χ0n) is 8.63. The number of carbonyl (C=O) groups is 1. The molecule has 0 aliphatic rings. The Balaban J connectivity index is 3.13. The van der Waals surface area contributed by atoms with Crippen LogP contribution in [0.1, 0.15) is 16.7 Å². The van der Waals surface area contributed by atoms with Crippen molar-refractivity contribution in [2.45, 2.75) is 20.3 Å². The molecule has 0 bridgehead atoms. The van der Waals surface area contributed by atoms with Crippen LogP contribution in [0, 0.1) is 13.8 Å². The van der Waals surface area contributed by atoms with Gasteiger partial charge in [-0.3, -0.25) is 4.79 Å². The molecule has 3 nitrogen and oxygen atoms in total. The van der Waals surface area contributed by atoms with Crippen molar-refractivity contribution < 1.29 is 14.6 Å². The van der Waals surface area contributed by atoms with E-state index in [1.165, 1.54) is 0 Å². The Kier molecular flexibility index (Phi) is 3.12. The summed E-state index contributed by atoms with van der Waals surface area (Å²) < 4.78 is 5.12. The first-order valence-corrected chi connectivity index (χ1v) is 4.40. The van der Waals surface area contributed by atoms with Gasteiger partial charge >= 0.3 is 5.97 Å². The van der Waals surface area contributed by atoms with Gasteiger partial charge in [-0.15, -0.1) is 0 Å². The van der Waals surface area contributed by atoms with Gasteiger partial charge in [0.05, 0.1) is 13.5 Å². The van der Waals surface area contributed by atoms with E-state index in [0.29, 0.717) is 5.75 Å². The fourth-order valence-electron chi connectivity index (χ4n) is 1.34. The molecule has 0 aliphatic carbocycles. The standard InChI is InChI=1S/C11H14O3/c1-7-4-9(6-11(12)13)10(14-3)5-8(7)2/h4-5H,6H2,1-3H3,(H,12,13). The molecule has 0 atom stereocenters. The van der Waals surface area contributed by atoms with Gasteiger partial charge in [0.2, 0.25) is 0 Å². The van der Waals surface area contributed by atoms with Crippen LogP contribution in [0.15, 0.2) is 12.1 Å². The monoisotopic (exact) mass is 194 g/mol. The summed E-state index contributed by atoms with van der Waals surface area (Å²) in [6, 6.07) is 3.73. The Morgan fingerprint density at radius 3 is 2.43 bits per heavy atom. The van der Waals surface area contributed by atoms with Crippen molar-refractivity contribution in [2.24, 2.45) is 0 Å². The smallest absolute Gasteiger partial charge is 0.307 e. The molecule has 0 heterocycles. The second-order valence-corrected chi connectivity index (χ2v) is 3.32. The lowest BCUT2D eigenvalue weighted by molar-refractivity contribution is -0.136. The van der Waals surface area contributed by atoms with Gasteiger partial charge in [0.15, 0.2) is 0 Å². The number of benzene rings is 1. The number of hydrogen-bond acceptors (Lipinski definition) is 2. The van der Waals surface area contributed by atoms with Crippen LogP contribution in [0.25, 0.3) is 0 Å². The molecular formula is C11H14O3. The SMILES string of the molecule is COc1cc(C)c(C)cc1CC(=O)O. The van der Waals surface area contributed by atoms with Gasteiger partial charge in [-0.2, -0.15) is 0 Å². The molecule has 0 saturated carbocycles. The average molecular weight is 194 g/mol. The molecule has 1 N–H and O–H groups in total. The van der Waals surface area contributed by atoms with Crippen molar-refractivity contribution in [1.29, 1.82) is 0 Å². The fourth-order valence-corrected chi connectivity index (χ4v) is 1.34. The molecule has 0 spiro atoms. The first kappa shape index (κ1) is 10.6. The summed E-state index contributed by atoms with van der Waals surface area (Å²) in [7, 11) is 1.55. The maximum absolute atomic E-state index is 10.6. The van der Waals surface area contributed by atoms with Crippen LogP contribution in [0.3, 0.4) is 0 Å². The van der Waals surface area contributed by atoms with Gasteiger partial charge in [0.1, 0.15) is 5.75 Å². The van der Waals surface area contributed by atoms with Crippen molar-refractivity contribution in [3.8, 4) is 5.75 Å².